The van der Waals surface area contributed by atoms with Crippen LogP contribution in [0.4, 0.5) is 0 Å². The Morgan fingerprint density at radius 1 is 0.484 bits per heavy atom. The number of carbonyl (C=O) groups excluding carboxylic acids is 1. The molecular weight excluding hydrogens is 779 g/mol. The number of nitrogens with one attached hydrogen (secondary N) is 1. The van der Waals surface area contributed by atoms with Gasteiger partial charge in [0, 0.05) is 6.42 Å². The zero-order valence-electron chi connectivity index (χ0n) is 40.9. The average Bonchev–Trinajstić information content (AvgIpc) is 3.27. The van der Waals surface area contributed by atoms with Gasteiger partial charge in [0.2, 0.25) is 5.91 Å². The highest BCUT2D eigenvalue weighted by molar-refractivity contribution is 5.76. The molecule has 1 saturated heterocycles. The topological polar surface area (TPSA) is 149 Å². The van der Waals surface area contributed by atoms with E-state index in [2.05, 4.69) is 19.2 Å². The lowest BCUT2D eigenvalue weighted by molar-refractivity contribution is -0.302. The maximum atomic E-state index is 13.0. The second-order valence-corrected chi connectivity index (χ2v) is 19.4. The van der Waals surface area contributed by atoms with Gasteiger partial charge in [-0.1, -0.05) is 258 Å². The Labute approximate surface area is 383 Å². The van der Waals surface area contributed by atoms with Gasteiger partial charge in [-0.15, -0.1) is 0 Å². The first-order valence-corrected chi connectivity index (χ1v) is 27.2. The molecule has 0 aliphatic carbocycles. The molecule has 0 aromatic rings. The fourth-order valence-corrected chi connectivity index (χ4v) is 9.11. The number of aliphatic hydroxyl groups is 5. The van der Waals surface area contributed by atoms with Crippen LogP contribution in [0, 0.1) is 0 Å². The average molecular weight is 884 g/mol. The number of aliphatic hydroxyl groups excluding tert-OH is 5. The van der Waals surface area contributed by atoms with Gasteiger partial charge in [0.25, 0.3) is 0 Å². The third-order valence-corrected chi connectivity index (χ3v) is 13.5. The van der Waals surface area contributed by atoms with Crippen LogP contribution in [0.25, 0.3) is 0 Å². The number of rotatable bonds is 47. The molecule has 1 fully saturated rings. The number of carbonyl (C=O) groups is 1. The molecule has 1 aliphatic heterocycles. The van der Waals surface area contributed by atoms with Crippen LogP contribution in [0.15, 0.2) is 0 Å². The fourth-order valence-electron chi connectivity index (χ4n) is 9.11. The molecule has 0 bridgehead atoms. The van der Waals surface area contributed by atoms with Crippen molar-refractivity contribution in [2.45, 2.75) is 320 Å². The highest BCUT2D eigenvalue weighted by Gasteiger charge is 2.44. The standard InChI is InChI=1S/C53H105NO8/c1-3-5-7-9-11-13-15-17-19-20-21-22-23-24-25-26-27-28-29-31-33-35-37-39-41-43-49(57)54-46(45-61-53-52(60)51(59)50(58)48(44-55)62-53)47(56)42-40-38-36-34-32-30-18-16-14-12-10-8-6-4-2/h46-48,50-53,55-56,58-60H,3-45H2,1-2H3,(H,54,57). The maximum Gasteiger partial charge on any atom is 0.220 e. The van der Waals surface area contributed by atoms with Crippen molar-refractivity contribution in [3.8, 4) is 0 Å². The lowest BCUT2D eigenvalue weighted by atomic mass is 9.99. The van der Waals surface area contributed by atoms with Gasteiger partial charge in [-0.3, -0.25) is 4.79 Å². The molecule has 0 aromatic carbocycles. The van der Waals surface area contributed by atoms with Gasteiger partial charge in [0.05, 0.1) is 25.4 Å². The number of hydrogen-bond acceptors (Lipinski definition) is 8. The van der Waals surface area contributed by atoms with Gasteiger partial charge in [-0.05, 0) is 12.8 Å². The zero-order chi connectivity index (χ0) is 45.1. The molecule has 9 nitrogen and oxygen atoms in total. The minimum Gasteiger partial charge on any atom is -0.394 e. The number of unbranched alkanes of at least 4 members (excludes halogenated alkanes) is 37. The summed E-state index contributed by atoms with van der Waals surface area (Å²) in [5, 5.41) is 54.5. The quantitative estimate of drug-likeness (QED) is 0.0331. The minimum absolute atomic E-state index is 0.131. The summed E-state index contributed by atoms with van der Waals surface area (Å²) in [5.74, 6) is -0.138. The van der Waals surface area contributed by atoms with Crippen molar-refractivity contribution >= 4 is 5.91 Å². The monoisotopic (exact) mass is 884 g/mol. The van der Waals surface area contributed by atoms with Crippen LogP contribution in [0.1, 0.15) is 277 Å². The molecule has 7 unspecified atom stereocenters. The highest BCUT2D eigenvalue weighted by Crippen LogP contribution is 2.23. The Morgan fingerprint density at radius 3 is 1.15 bits per heavy atom. The Balaban J connectivity index is 2.18. The molecule has 9 heteroatoms. The molecule has 1 rings (SSSR count). The van der Waals surface area contributed by atoms with Gasteiger partial charge >= 0.3 is 0 Å². The Morgan fingerprint density at radius 2 is 0.806 bits per heavy atom. The van der Waals surface area contributed by atoms with E-state index in [0.717, 1.165) is 38.5 Å². The minimum atomic E-state index is -1.55. The summed E-state index contributed by atoms with van der Waals surface area (Å²) in [6.07, 6.45) is 44.1. The summed E-state index contributed by atoms with van der Waals surface area (Å²) < 4.78 is 11.3. The van der Waals surface area contributed by atoms with E-state index in [1.807, 2.05) is 0 Å². The molecule has 6 N–H and O–H groups in total. The van der Waals surface area contributed by atoms with E-state index in [0.29, 0.717) is 12.8 Å². The summed E-state index contributed by atoms with van der Waals surface area (Å²) in [7, 11) is 0. The van der Waals surface area contributed by atoms with Crippen LogP contribution in [-0.2, 0) is 14.3 Å². The molecular formula is C53H105NO8. The first-order valence-electron chi connectivity index (χ1n) is 27.2. The van der Waals surface area contributed by atoms with Gasteiger partial charge in [0.1, 0.15) is 24.4 Å². The Hall–Kier alpha value is -0.810. The lowest BCUT2D eigenvalue weighted by Crippen LogP contribution is -2.60. The van der Waals surface area contributed by atoms with E-state index in [-0.39, 0.29) is 12.5 Å². The van der Waals surface area contributed by atoms with Crippen LogP contribution in [-0.4, -0.2) is 87.5 Å². The van der Waals surface area contributed by atoms with Crippen LogP contribution >= 0.6 is 0 Å². The third-order valence-electron chi connectivity index (χ3n) is 13.5. The van der Waals surface area contributed by atoms with Crippen LogP contribution in [0.5, 0.6) is 0 Å². The predicted octanol–water partition coefficient (Wildman–Crippen LogP) is 12.7. The molecule has 7 atom stereocenters. The second kappa shape index (κ2) is 44.0. The normalized spacial score (nSPS) is 20.1. The van der Waals surface area contributed by atoms with Gasteiger partial charge in [-0.25, -0.2) is 0 Å². The van der Waals surface area contributed by atoms with Crippen LogP contribution < -0.4 is 5.32 Å². The summed E-state index contributed by atoms with van der Waals surface area (Å²) in [6, 6.07) is -0.712. The lowest BCUT2D eigenvalue weighted by Gasteiger charge is -2.40. The largest absolute Gasteiger partial charge is 0.394 e. The summed E-state index contributed by atoms with van der Waals surface area (Å²) in [4.78, 5) is 13.0. The summed E-state index contributed by atoms with van der Waals surface area (Å²) in [5.41, 5.74) is 0. The van der Waals surface area contributed by atoms with E-state index in [1.54, 1.807) is 0 Å². The van der Waals surface area contributed by atoms with E-state index < -0.39 is 49.5 Å². The van der Waals surface area contributed by atoms with Gasteiger partial charge < -0.3 is 40.3 Å². The fraction of sp³-hybridized carbons (Fsp3) is 0.981. The SMILES string of the molecule is CCCCCCCCCCCCCCCCCCCCCCCCCCCC(=O)NC(COC1OC(CO)C(O)C(O)C1O)C(O)CCCCCCCCCCCCCCCC. The summed E-state index contributed by atoms with van der Waals surface area (Å²) in [6.45, 7) is 3.87. The predicted molar refractivity (Wildman–Crippen MR) is 258 cm³/mol. The molecule has 0 aromatic heterocycles. The number of ether oxygens (including phenoxy) is 2. The second-order valence-electron chi connectivity index (χ2n) is 19.4. The third kappa shape index (κ3) is 33.6. The molecule has 0 saturated carbocycles. The van der Waals surface area contributed by atoms with E-state index in [4.69, 9.17) is 9.47 Å². The van der Waals surface area contributed by atoms with Crippen molar-refractivity contribution in [1.29, 1.82) is 0 Å². The van der Waals surface area contributed by atoms with E-state index in [9.17, 15) is 30.3 Å². The van der Waals surface area contributed by atoms with Gasteiger partial charge in [0.15, 0.2) is 6.29 Å². The van der Waals surface area contributed by atoms with Crippen molar-refractivity contribution in [2.75, 3.05) is 13.2 Å². The molecule has 0 spiro atoms. The molecule has 1 aliphatic rings. The van der Waals surface area contributed by atoms with Crippen molar-refractivity contribution in [1.82, 2.24) is 5.32 Å². The van der Waals surface area contributed by atoms with Gasteiger partial charge in [-0.2, -0.15) is 0 Å². The smallest absolute Gasteiger partial charge is 0.220 e. The zero-order valence-corrected chi connectivity index (χ0v) is 40.9. The number of amides is 1. The maximum absolute atomic E-state index is 13.0. The van der Waals surface area contributed by atoms with Crippen molar-refractivity contribution < 1.29 is 39.8 Å². The first-order chi connectivity index (χ1) is 30.3. The van der Waals surface area contributed by atoms with Crippen LogP contribution in [0.2, 0.25) is 0 Å². The highest BCUT2D eigenvalue weighted by atomic mass is 16.7. The molecule has 1 heterocycles. The van der Waals surface area contributed by atoms with Crippen molar-refractivity contribution in [3.63, 3.8) is 0 Å². The molecule has 0 radical (unpaired) electrons. The molecule has 1 amide bonds. The first kappa shape index (κ1) is 59.2. The van der Waals surface area contributed by atoms with Crippen molar-refractivity contribution in [2.24, 2.45) is 0 Å². The molecule has 62 heavy (non-hydrogen) atoms. The Bertz CT molecular complexity index is 939. The molecule has 370 valence electrons. The van der Waals surface area contributed by atoms with Crippen molar-refractivity contribution in [3.05, 3.63) is 0 Å². The van der Waals surface area contributed by atoms with Crippen LogP contribution in [0.3, 0.4) is 0 Å². The Kier molecular flexibility index (Phi) is 42.1. The van der Waals surface area contributed by atoms with E-state index in [1.165, 1.54) is 212 Å². The number of hydrogen-bond donors (Lipinski definition) is 6. The van der Waals surface area contributed by atoms with E-state index >= 15 is 0 Å². The summed E-state index contributed by atoms with van der Waals surface area (Å²) >= 11 is 0.